The van der Waals surface area contributed by atoms with Crippen molar-refractivity contribution in [3.8, 4) is 0 Å². The molecule has 5 nitrogen and oxygen atoms in total. The third-order valence-corrected chi connectivity index (χ3v) is 5.82. The predicted molar refractivity (Wildman–Crippen MR) is 101 cm³/mol. The molecule has 0 atom stereocenters. The molecule has 1 heterocycles. The summed E-state index contributed by atoms with van der Waals surface area (Å²) in [6.45, 7) is 0. The molecule has 8 heteroatoms. The minimum Gasteiger partial charge on any atom is -0.289 e. The third-order valence-electron chi connectivity index (χ3n) is 3.49. The number of pyridine rings is 1. The van der Waals surface area contributed by atoms with Crippen LogP contribution in [-0.4, -0.2) is 19.2 Å². The van der Waals surface area contributed by atoms with Crippen LogP contribution in [0.5, 0.6) is 0 Å². The standard InChI is InChI=1S/C18H12Cl2N2O3S/c19-15-7-2-8-16(20)18(15)26(24,25)22-14-6-1-4-12(10-14)17(23)13-5-3-9-21-11-13/h1-11,22H. The van der Waals surface area contributed by atoms with Gasteiger partial charge >= 0.3 is 0 Å². The minimum absolute atomic E-state index is 0.00703. The van der Waals surface area contributed by atoms with Gasteiger partial charge in [0.2, 0.25) is 0 Å². The zero-order valence-corrected chi connectivity index (χ0v) is 15.5. The summed E-state index contributed by atoms with van der Waals surface area (Å²) in [5.41, 5.74) is 0.945. The molecule has 0 aliphatic heterocycles. The van der Waals surface area contributed by atoms with Gasteiger partial charge in [-0.1, -0.05) is 41.4 Å². The van der Waals surface area contributed by atoms with E-state index in [1.807, 2.05) is 0 Å². The van der Waals surface area contributed by atoms with Crippen LogP contribution < -0.4 is 4.72 Å². The summed E-state index contributed by atoms with van der Waals surface area (Å²) in [6, 6.07) is 13.9. The van der Waals surface area contributed by atoms with Crippen LogP contribution in [0.15, 0.2) is 71.9 Å². The second kappa shape index (κ2) is 7.45. The number of hydrogen-bond donors (Lipinski definition) is 1. The molecule has 0 fully saturated rings. The van der Waals surface area contributed by atoms with Crippen molar-refractivity contribution < 1.29 is 13.2 Å². The number of carbonyl (C=O) groups is 1. The first kappa shape index (κ1) is 18.4. The Morgan fingerprint density at radius 2 is 1.58 bits per heavy atom. The monoisotopic (exact) mass is 406 g/mol. The quantitative estimate of drug-likeness (QED) is 0.636. The number of nitrogens with zero attached hydrogens (tertiary/aromatic N) is 1. The largest absolute Gasteiger partial charge is 0.289 e. The smallest absolute Gasteiger partial charge is 0.264 e. The third kappa shape index (κ3) is 3.88. The number of ketones is 1. The lowest BCUT2D eigenvalue weighted by atomic mass is 10.0. The molecule has 0 bridgehead atoms. The zero-order chi connectivity index (χ0) is 18.7. The maximum atomic E-state index is 12.6. The van der Waals surface area contributed by atoms with E-state index in [0.717, 1.165) is 0 Å². The van der Waals surface area contributed by atoms with E-state index in [-0.39, 0.29) is 26.4 Å². The number of sulfonamides is 1. The first-order valence-electron chi connectivity index (χ1n) is 7.40. The maximum absolute atomic E-state index is 12.6. The second-order valence-corrected chi connectivity index (χ2v) is 7.74. The Kier molecular flexibility index (Phi) is 5.27. The molecular formula is C18H12Cl2N2O3S. The maximum Gasteiger partial charge on any atom is 0.264 e. The molecule has 132 valence electrons. The van der Waals surface area contributed by atoms with Gasteiger partial charge in [0.15, 0.2) is 5.78 Å². The number of benzene rings is 2. The van der Waals surface area contributed by atoms with Crippen LogP contribution >= 0.6 is 23.2 Å². The summed E-state index contributed by atoms with van der Waals surface area (Å²) in [7, 11) is -4.02. The number of carbonyl (C=O) groups excluding carboxylic acids is 1. The number of anilines is 1. The highest BCUT2D eigenvalue weighted by Gasteiger charge is 2.22. The van der Waals surface area contributed by atoms with Gasteiger partial charge in [0.25, 0.3) is 10.0 Å². The Morgan fingerprint density at radius 1 is 0.923 bits per heavy atom. The molecule has 0 spiro atoms. The van der Waals surface area contributed by atoms with Crippen LogP contribution in [0, 0.1) is 0 Å². The highest BCUT2D eigenvalue weighted by atomic mass is 35.5. The van der Waals surface area contributed by atoms with E-state index in [2.05, 4.69) is 9.71 Å². The fraction of sp³-hybridized carbons (Fsp3) is 0. The van der Waals surface area contributed by atoms with E-state index in [1.165, 1.54) is 30.5 Å². The SMILES string of the molecule is O=C(c1cccnc1)c1cccc(NS(=O)(=O)c2c(Cl)cccc2Cl)c1. The molecule has 3 rings (SSSR count). The second-order valence-electron chi connectivity index (χ2n) is 5.31. The van der Waals surface area contributed by atoms with Crippen LogP contribution in [0.3, 0.4) is 0 Å². The lowest BCUT2D eigenvalue weighted by Gasteiger charge is -2.11. The Morgan fingerprint density at radius 3 is 2.23 bits per heavy atom. The minimum atomic E-state index is -4.02. The molecule has 26 heavy (non-hydrogen) atoms. The molecule has 0 unspecified atom stereocenters. The molecule has 0 aliphatic carbocycles. The van der Waals surface area contributed by atoms with Gasteiger partial charge in [0.1, 0.15) is 4.90 Å². The van der Waals surface area contributed by atoms with E-state index in [4.69, 9.17) is 23.2 Å². The molecule has 1 N–H and O–H groups in total. The van der Waals surface area contributed by atoms with Crippen molar-refractivity contribution in [3.63, 3.8) is 0 Å². The molecule has 1 aromatic heterocycles. The lowest BCUT2D eigenvalue weighted by molar-refractivity contribution is 0.103. The van der Waals surface area contributed by atoms with Gasteiger partial charge in [-0.15, -0.1) is 0 Å². The molecule has 3 aromatic rings. The van der Waals surface area contributed by atoms with Crippen molar-refractivity contribution in [1.29, 1.82) is 0 Å². The average Bonchev–Trinajstić information content (AvgIpc) is 2.61. The molecule has 0 radical (unpaired) electrons. The van der Waals surface area contributed by atoms with Crippen LogP contribution in [0.1, 0.15) is 15.9 Å². The summed E-state index contributed by atoms with van der Waals surface area (Å²) < 4.78 is 27.6. The number of hydrogen-bond acceptors (Lipinski definition) is 4. The van der Waals surface area contributed by atoms with Crippen molar-refractivity contribution in [3.05, 3.63) is 88.2 Å². The van der Waals surface area contributed by atoms with E-state index in [1.54, 1.807) is 36.5 Å². The van der Waals surface area contributed by atoms with Crippen molar-refractivity contribution in [2.75, 3.05) is 4.72 Å². The van der Waals surface area contributed by atoms with Gasteiger partial charge in [0, 0.05) is 29.2 Å². The van der Waals surface area contributed by atoms with E-state index >= 15 is 0 Å². The van der Waals surface area contributed by atoms with E-state index < -0.39 is 10.0 Å². The predicted octanol–water partition coefficient (Wildman–Crippen LogP) is 4.42. The van der Waals surface area contributed by atoms with Gasteiger partial charge in [-0.3, -0.25) is 14.5 Å². The number of aromatic nitrogens is 1. The van der Waals surface area contributed by atoms with Crippen molar-refractivity contribution in [1.82, 2.24) is 4.98 Å². The number of halogens is 2. The van der Waals surface area contributed by atoms with E-state index in [0.29, 0.717) is 11.1 Å². The van der Waals surface area contributed by atoms with Crippen molar-refractivity contribution >= 4 is 44.7 Å². The first-order valence-corrected chi connectivity index (χ1v) is 9.64. The Bertz CT molecular complexity index is 1050. The van der Waals surface area contributed by atoms with Crippen LogP contribution in [0.25, 0.3) is 0 Å². The van der Waals surface area contributed by atoms with Crippen molar-refractivity contribution in [2.24, 2.45) is 0 Å². The molecular weight excluding hydrogens is 395 g/mol. The Labute approximate surface area is 160 Å². The summed E-state index contributed by atoms with van der Waals surface area (Å²) in [5, 5.41) is 0.0141. The summed E-state index contributed by atoms with van der Waals surface area (Å²) in [4.78, 5) is 16.2. The number of nitrogens with one attached hydrogen (secondary N) is 1. The fourth-order valence-corrected chi connectivity index (χ4v) is 4.53. The summed E-state index contributed by atoms with van der Waals surface area (Å²) >= 11 is 12.0. The topological polar surface area (TPSA) is 76.1 Å². The highest BCUT2D eigenvalue weighted by molar-refractivity contribution is 7.93. The first-order chi connectivity index (χ1) is 12.4. The Hall–Kier alpha value is -2.41. The highest BCUT2D eigenvalue weighted by Crippen LogP contribution is 2.30. The molecule has 2 aromatic carbocycles. The summed E-state index contributed by atoms with van der Waals surface area (Å²) in [5.74, 6) is -0.269. The fourth-order valence-electron chi connectivity index (χ4n) is 2.33. The van der Waals surface area contributed by atoms with Crippen LogP contribution in [0.2, 0.25) is 10.0 Å². The van der Waals surface area contributed by atoms with Crippen LogP contribution in [-0.2, 0) is 10.0 Å². The summed E-state index contributed by atoms with van der Waals surface area (Å²) in [6.07, 6.45) is 3.01. The molecule has 0 saturated heterocycles. The van der Waals surface area contributed by atoms with Gasteiger partial charge in [-0.05, 0) is 36.4 Å². The number of rotatable bonds is 5. The lowest BCUT2D eigenvalue weighted by Crippen LogP contribution is -2.14. The van der Waals surface area contributed by atoms with Gasteiger partial charge in [0.05, 0.1) is 10.0 Å². The average molecular weight is 407 g/mol. The van der Waals surface area contributed by atoms with Gasteiger partial charge in [-0.25, -0.2) is 8.42 Å². The molecule has 0 saturated carbocycles. The molecule has 0 amide bonds. The van der Waals surface area contributed by atoms with Gasteiger partial charge < -0.3 is 0 Å². The van der Waals surface area contributed by atoms with Gasteiger partial charge in [-0.2, -0.15) is 0 Å². The van der Waals surface area contributed by atoms with E-state index in [9.17, 15) is 13.2 Å². The zero-order valence-electron chi connectivity index (χ0n) is 13.2. The molecule has 0 aliphatic rings. The van der Waals surface area contributed by atoms with Crippen LogP contribution in [0.4, 0.5) is 5.69 Å². The Balaban J connectivity index is 1.93. The normalized spacial score (nSPS) is 11.2. The van der Waals surface area contributed by atoms with Crippen molar-refractivity contribution in [2.45, 2.75) is 4.90 Å².